The lowest BCUT2D eigenvalue weighted by atomic mass is 10.1. The SMILES string of the molecule is O=C(c1ccc(F)cc1)N1CCN(C(=O)c2ccc(CSc3ncn[nH]3)cc2)CC1. The molecule has 9 heteroatoms. The second-order valence-corrected chi connectivity index (χ2v) is 7.83. The number of H-pyrrole nitrogens is 1. The standard InChI is InChI=1S/C21H20FN5O2S/c22-18-7-5-17(6-8-18)20(29)27-11-9-26(10-12-27)19(28)16-3-1-15(2-4-16)13-30-21-23-14-24-25-21/h1-8,14H,9-13H2,(H,23,24,25). The van der Waals surface area contributed by atoms with Crippen molar-refractivity contribution in [2.24, 2.45) is 0 Å². The number of carbonyl (C=O) groups is 2. The van der Waals surface area contributed by atoms with E-state index in [0.717, 1.165) is 16.5 Å². The van der Waals surface area contributed by atoms with E-state index in [4.69, 9.17) is 0 Å². The monoisotopic (exact) mass is 425 g/mol. The van der Waals surface area contributed by atoms with Crippen LogP contribution in [0.3, 0.4) is 0 Å². The van der Waals surface area contributed by atoms with E-state index in [1.807, 2.05) is 24.3 Å². The Morgan fingerprint density at radius 1 is 0.900 bits per heavy atom. The Kier molecular flexibility index (Phi) is 6.08. The highest BCUT2D eigenvalue weighted by atomic mass is 32.2. The van der Waals surface area contributed by atoms with Gasteiger partial charge in [-0.05, 0) is 42.0 Å². The molecular formula is C21H20FN5O2S. The summed E-state index contributed by atoms with van der Waals surface area (Å²) in [4.78, 5) is 32.8. The molecule has 1 aliphatic rings. The van der Waals surface area contributed by atoms with Gasteiger partial charge in [0.15, 0.2) is 5.16 Å². The van der Waals surface area contributed by atoms with Crippen LogP contribution in [0.1, 0.15) is 26.3 Å². The van der Waals surface area contributed by atoms with Gasteiger partial charge in [0.05, 0.1) is 0 Å². The number of hydrogen-bond acceptors (Lipinski definition) is 5. The minimum Gasteiger partial charge on any atom is -0.335 e. The molecule has 3 aromatic rings. The van der Waals surface area contributed by atoms with E-state index in [1.165, 1.54) is 30.6 Å². The van der Waals surface area contributed by atoms with Gasteiger partial charge in [-0.25, -0.2) is 9.37 Å². The van der Waals surface area contributed by atoms with Crippen LogP contribution in [0.25, 0.3) is 0 Å². The van der Waals surface area contributed by atoms with Crippen LogP contribution in [0.5, 0.6) is 0 Å². The van der Waals surface area contributed by atoms with Crippen LogP contribution in [0.4, 0.5) is 4.39 Å². The molecule has 0 spiro atoms. The molecule has 30 heavy (non-hydrogen) atoms. The van der Waals surface area contributed by atoms with E-state index in [-0.39, 0.29) is 17.6 Å². The van der Waals surface area contributed by atoms with Crippen molar-refractivity contribution in [2.45, 2.75) is 10.9 Å². The molecule has 0 unspecified atom stereocenters. The van der Waals surface area contributed by atoms with Crippen LogP contribution >= 0.6 is 11.8 Å². The van der Waals surface area contributed by atoms with Crippen LogP contribution < -0.4 is 0 Å². The van der Waals surface area contributed by atoms with Gasteiger partial charge in [-0.2, -0.15) is 5.10 Å². The first kappa shape index (κ1) is 20.1. The Labute approximate surface area is 177 Å². The molecule has 2 aromatic carbocycles. The number of nitrogens with zero attached hydrogens (tertiary/aromatic N) is 4. The number of hydrogen-bond donors (Lipinski definition) is 1. The van der Waals surface area contributed by atoms with E-state index < -0.39 is 0 Å². The van der Waals surface area contributed by atoms with Gasteiger partial charge in [0, 0.05) is 43.1 Å². The Morgan fingerprint density at radius 2 is 1.43 bits per heavy atom. The van der Waals surface area contributed by atoms with Crippen LogP contribution in [-0.4, -0.2) is 63.0 Å². The van der Waals surface area contributed by atoms with E-state index in [2.05, 4.69) is 15.2 Å². The lowest BCUT2D eigenvalue weighted by Crippen LogP contribution is -2.50. The molecule has 7 nitrogen and oxygen atoms in total. The number of aromatic amines is 1. The fraction of sp³-hybridized carbons (Fsp3) is 0.238. The van der Waals surface area contributed by atoms with Gasteiger partial charge in [-0.1, -0.05) is 23.9 Å². The average molecular weight is 425 g/mol. The summed E-state index contributed by atoms with van der Waals surface area (Å²) in [6.45, 7) is 1.84. The fourth-order valence-corrected chi connectivity index (χ4v) is 3.96. The molecule has 1 aromatic heterocycles. The van der Waals surface area contributed by atoms with Crippen molar-refractivity contribution in [2.75, 3.05) is 26.2 Å². The molecule has 0 atom stereocenters. The van der Waals surface area contributed by atoms with Crippen molar-refractivity contribution < 1.29 is 14.0 Å². The van der Waals surface area contributed by atoms with Crippen LogP contribution in [0.15, 0.2) is 60.0 Å². The maximum Gasteiger partial charge on any atom is 0.253 e. The molecular weight excluding hydrogens is 405 g/mol. The minimum atomic E-state index is -0.371. The maximum absolute atomic E-state index is 13.0. The fourth-order valence-electron chi connectivity index (χ4n) is 3.23. The van der Waals surface area contributed by atoms with Crippen molar-refractivity contribution in [3.05, 3.63) is 77.4 Å². The highest BCUT2D eigenvalue weighted by Crippen LogP contribution is 2.19. The molecule has 2 amide bonds. The predicted molar refractivity (Wildman–Crippen MR) is 111 cm³/mol. The molecule has 1 saturated heterocycles. The third-order valence-corrected chi connectivity index (χ3v) is 5.86. The normalized spacial score (nSPS) is 14.0. The molecule has 4 rings (SSSR count). The van der Waals surface area contributed by atoms with Crippen molar-refractivity contribution in [3.63, 3.8) is 0 Å². The number of rotatable bonds is 5. The van der Waals surface area contributed by atoms with Gasteiger partial charge in [-0.15, -0.1) is 0 Å². The van der Waals surface area contributed by atoms with Crippen molar-refractivity contribution in [1.82, 2.24) is 25.0 Å². The number of thioether (sulfide) groups is 1. The number of piperazine rings is 1. The first-order valence-corrected chi connectivity index (χ1v) is 10.5. The molecule has 154 valence electrons. The maximum atomic E-state index is 13.0. The van der Waals surface area contributed by atoms with Crippen molar-refractivity contribution in [3.8, 4) is 0 Å². The topological polar surface area (TPSA) is 82.2 Å². The van der Waals surface area contributed by atoms with E-state index in [1.54, 1.807) is 21.6 Å². The number of halogens is 1. The number of nitrogens with one attached hydrogen (secondary N) is 1. The Morgan fingerprint density at radius 3 is 1.93 bits per heavy atom. The van der Waals surface area contributed by atoms with E-state index in [9.17, 15) is 14.0 Å². The third-order valence-electron chi connectivity index (χ3n) is 4.91. The lowest BCUT2D eigenvalue weighted by molar-refractivity contribution is 0.0535. The average Bonchev–Trinajstić information content (AvgIpc) is 3.31. The highest BCUT2D eigenvalue weighted by molar-refractivity contribution is 7.98. The molecule has 1 fully saturated rings. The van der Waals surface area contributed by atoms with Gasteiger partial charge in [0.2, 0.25) is 0 Å². The molecule has 0 bridgehead atoms. The largest absolute Gasteiger partial charge is 0.335 e. The van der Waals surface area contributed by atoms with Crippen LogP contribution in [-0.2, 0) is 5.75 Å². The summed E-state index contributed by atoms with van der Waals surface area (Å²) in [7, 11) is 0. The summed E-state index contributed by atoms with van der Waals surface area (Å²) < 4.78 is 13.0. The van der Waals surface area contributed by atoms with Crippen LogP contribution in [0.2, 0.25) is 0 Å². The van der Waals surface area contributed by atoms with Gasteiger partial charge in [0.25, 0.3) is 11.8 Å². The number of benzene rings is 2. The molecule has 0 saturated carbocycles. The zero-order valence-corrected chi connectivity index (χ0v) is 16.9. The smallest absolute Gasteiger partial charge is 0.253 e. The number of carbonyl (C=O) groups excluding carboxylic acids is 2. The van der Waals surface area contributed by atoms with Crippen LogP contribution in [0, 0.1) is 5.82 Å². The van der Waals surface area contributed by atoms with Gasteiger partial charge >= 0.3 is 0 Å². The zero-order chi connectivity index (χ0) is 20.9. The summed E-state index contributed by atoms with van der Waals surface area (Å²) in [5.41, 5.74) is 2.17. The summed E-state index contributed by atoms with van der Waals surface area (Å²) in [5.74, 6) is 0.173. The van der Waals surface area contributed by atoms with Crippen molar-refractivity contribution >= 4 is 23.6 Å². The van der Waals surface area contributed by atoms with Gasteiger partial charge in [0.1, 0.15) is 12.1 Å². The zero-order valence-electron chi connectivity index (χ0n) is 16.1. The summed E-state index contributed by atoms with van der Waals surface area (Å²) in [5, 5.41) is 7.37. The molecule has 0 radical (unpaired) electrons. The number of aromatic nitrogens is 3. The Bertz CT molecular complexity index is 1000. The summed E-state index contributed by atoms with van der Waals surface area (Å²) in [6.07, 6.45) is 1.47. The lowest BCUT2D eigenvalue weighted by Gasteiger charge is -2.35. The summed E-state index contributed by atoms with van der Waals surface area (Å²) in [6, 6.07) is 13.1. The Hall–Kier alpha value is -3.20. The number of amides is 2. The van der Waals surface area contributed by atoms with Gasteiger partial charge < -0.3 is 9.80 Å². The van der Waals surface area contributed by atoms with Crippen molar-refractivity contribution in [1.29, 1.82) is 0 Å². The molecule has 1 N–H and O–H groups in total. The second-order valence-electron chi connectivity index (χ2n) is 6.87. The first-order chi connectivity index (χ1) is 14.6. The minimum absolute atomic E-state index is 0.0432. The quantitative estimate of drug-likeness (QED) is 0.636. The van der Waals surface area contributed by atoms with E-state index >= 15 is 0 Å². The van der Waals surface area contributed by atoms with Gasteiger partial charge in [-0.3, -0.25) is 14.7 Å². The van der Waals surface area contributed by atoms with E-state index in [0.29, 0.717) is 37.3 Å². The second kappa shape index (κ2) is 9.08. The third kappa shape index (κ3) is 4.68. The first-order valence-electron chi connectivity index (χ1n) is 9.51. The Balaban J connectivity index is 1.30. The molecule has 1 aliphatic heterocycles. The molecule has 0 aliphatic carbocycles. The predicted octanol–water partition coefficient (Wildman–Crippen LogP) is 2.83. The highest BCUT2D eigenvalue weighted by Gasteiger charge is 2.25. The summed E-state index contributed by atoms with van der Waals surface area (Å²) >= 11 is 1.54. The molecule has 2 heterocycles.